The largest absolute Gasteiger partial charge is 0.497 e. The Morgan fingerprint density at radius 1 is 1.10 bits per heavy atom. The Labute approximate surface area is 228 Å². The van der Waals surface area contributed by atoms with Gasteiger partial charge in [0.05, 0.1) is 45.1 Å². The number of aromatic nitrogens is 1. The van der Waals surface area contributed by atoms with Crippen LogP contribution in [0.1, 0.15) is 35.3 Å². The molecule has 0 aliphatic carbocycles. The number of benzene rings is 2. The van der Waals surface area contributed by atoms with Gasteiger partial charge in [-0.2, -0.15) is 0 Å². The summed E-state index contributed by atoms with van der Waals surface area (Å²) in [6.45, 7) is 4.03. The van der Waals surface area contributed by atoms with Crippen molar-refractivity contribution in [3.63, 3.8) is 0 Å². The quantitative estimate of drug-likeness (QED) is 0.330. The molecule has 5 rings (SSSR count). The molecule has 2 aromatic carbocycles. The molecule has 1 aliphatic heterocycles. The number of methoxy groups -OCH3 is 2. The number of aliphatic hydroxyl groups is 1. The first-order chi connectivity index (χ1) is 18.9. The first-order valence-electron chi connectivity index (χ1n) is 13.3. The summed E-state index contributed by atoms with van der Waals surface area (Å²) >= 11 is 0. The van der Waals surface area contributed by atoms with Crippen LogP contribution in [0.3, 0.4) is 0 Å². The number of aliphatic hydroxyl groups excluding tert-OH is 1. The molecule has 1 unspecified atom stereocenters. The zero-order valence-corrected chi connectivity index (χ0v) is 22.7. The molecule has 0 saturated carbocycles. The summed E-state index contributed by atoms with van der Waals surface area (Å²) < 4.78 is 16.5. The predicted octanol–water partition coefficient (Wildman–Crippen LogP) is 4.89. The number of carbonyl (C=O) groups is 1. The van der Waals surface area contributed by atoms with Crippen molar-refractivity contribution in [2.24, 2.45) is 0 Å². The normalized spacial score (nSPS) is 15.4. The van der Waals surface area contributed by atoms with E-state index >= 15 is 0 Å². The average Bonchev–Trinajstić information content (AvgIpc) is 3.45. The van der Waals surface area contributed by atoms with E-state index in [0.717, 1.165) is 52.8 Å². The molecule has 0 spiro atoms. The van der Waals surface area contributed by atoms with E-state index < -0.39 is 6.10 Å². The van der Waals surface area contributed by atoms with Crippen molar-refractivity contribution in [1.29, 1.82) is 0 Å². The van der Waals surface area contributed by atoms with Crippen molar-refractivity contribution < 1.29 is 23.8 Å². The number of pyridine rings is 1. The highest BCUT2D eigenvalue weighted by molar-refractivity contribution is 5.84. The van der Waals surface area contributed by atoms with Crippen LogP contribution in [0.2, 0.25) is 0 Å². The monoisotopic (exact) mass is 529 g/mol. The molecule has 1 atom stereocenters. The van der Waals surface area contributed by atoms with Crippen molar-refractivity contribution in [1.82, 2.24) is 9.88 Å². The minimum Gasteiger partial charge on any atom is -0.497 e. The number of rotatable bonds is 9. The van der Waals surface area contributed by atoms with Gasteiger partial charge in [0.25, 0.3) is 0 Å². The maximum Gasteiger partial charge on any atom is 0.227 e. The lowest BCUT2D eigenvalue weighted by atomic mass is 10.0. The van der Waals surface area contributed by atoms with Crippen LogP contribution in [0, 0.1) is 6.92 Å². The summed E-state index contributed by atoms with van der Waals surface area (Å²) in [4.78, 5) is 22.9. The number of β-amino-alcohol motifs (C(OH)–C–C–N with tert-alkyl or cyclic N) is 1. The van der Waals surface area contributed by atoms with E-state index in [1.54, 1.807) is 25.4 Å². The second-order valence-electron chi connectivity index (χ2n) is 10.1. The summed E-state index contributed by atoms with van der Waals surface area (Å²) in [5.74, 6) is 2.72. The van der Waals surface area contributed by atoms with Crippen LogP contribution in [-0.4, -0.2) is 54.3 Å². The SMILES string of the molecule is COc1ccc(OC)c(CC(=O)N(Cc2ccco2)Cc2cc3ccc(C)cc3nc2N2CCCC(O)C2)c1. The highest BCUT2D eigenvalue weighted by atomic mass is 16.5. The van der Waals surface area contributed by atoms with Crippen LogP contribution in [0.15, 0.2) is 65.3 Å². The summed E-state index contributed by atoms with van der Waals surface area (Å²) in [7, 11) is 3.20. The Morgan fingerprint density at radius 2 is 1.97 bits per heavy atom. The van der Waals surface area contributed by atoms with E-state index in [2.05, 4.69) is 36.1 Å². The molecule has 1 saturated heterocycles. The standard InChI is InChI=1S/C31H35N3O5/c1-21-8-9-22-15-24(31(32-28(22)14-21)33-12-4-6-25(35)19-33)18-34(20-27-7-5-13-39-27)30(36)17-23-16-26(37-2)10-11-29(23)38-3/h5,7-11,13-16,25,35H,4,6,12,17-20H2,1-3H3. The molecule has 3 heterocycles. The fourth-order valence-electron chi connectivity index (χ4n) is 5.17. The Balaban J connectivity index is 1.52. The van der Waals surface area contributed by atoms with Gasteiger partial charge in [0.15, 0.2) is 0 Å². The molecule has 1 amide bonds. The zero-order chi connectivity index (χ0) is 27.4. The third-order valence-corrected chi connectivity index (χ3v) is 7.20. The molecule has 1 aliphatic rings. The molecule has 204 valence electrons. The lowest BCUT2D eigenvalue weighted by molar-refractivity contribution is -0.132. The average molecular weight is 530 g/mol. The van der Waals surface area contributed by atoms with Gasteiger partial charge >= 0.3 is 0 Å². The minimum absolute atomic E-state index is 0.0772. The minimum atomic E-state index is -0.400. The van der Waals surface area contributed by atoms with Crippen LogP contribution >= 0.6 is 0 Å². The van der Waals surface area contributed by atoms with Crippen LogP contribution in [-0.2, 0) is 24.3 Å². The van der Waals surface area contributed by atoms with Gasteiger partial charge < -0.3 is 28.8 Å². The number of ether oxygens (including phenoxy) is 2. The number of aryl methyl sites for hydroxylation is 1. The van der Waals surface area contributed by atoms with Crippen molar-refractivity contribution in [2.75, 3.05) is 32.2 Å². The molecular weight excluding hydrogens is 494 g/mol. The Bertz CT molecular complexity index is 1440. The third-order valence-electron chi connectivity index (χ3n) is 7.20. The van der Waals surface area contributed by atoms with E-state index in [-0.39, 0.29) is 12.3 Å². The number of hydrogen-bond donors (Lipinski definition) is 1. The topological polar surface area (TPSA) is 88.3 Å². The molecular formula is C31H35N3O5. The van der Waals surface area contributed by atoms with Crippen molar-refractivity contribution in [3.05, 3.63) is 83.3 Å². The molecule has 1 N–H and O–H groups in total. The van der Waals surface area contributed by atoms with Crippen molar-refractivity contribution in [3.8, 4) is 11.5 Å². The Morgan fingerprint density at radius 3 is 2.72 bits per heavy atom. The second-order valence-corrected chi connectivity index (χ2v) is 10.1. The first-order valence-corrected chi connectivity index (χ1v) is 13.3. The molecule has 4 aromatic rings. The lowest BCUT2D eigenvalue weighted by Gasteiger charge is -2.33. The maximum absolute atomic E-state index is 13.9. The maximum atomic E-state index is 13.9. The molecule has 2 aromatic heterocycles. The Kier molecular flexibility index (Phi) is 8.02. The summed E-state index contributed by atoms with van der Waals surface area (Å²) in [5.41, 5.74) is 3.71. The molecule has 8 heteroatoms. The van der Waals surface area contributed by atoms with E-state index in [0.29, 0.717) is 36.9 Å². The number of piperidine rings is 1. The van der Waals surface area contributed by atoms with Crippen LogP contribution in [0.5, 0.6) is 11.5 Å². The van der Waals surface area contributed by atoms with Gasteiger partial charge in [-0.15, -0.1) is 0 Å². The highest BCUT2D eigenvalue weighted by Crippen LogP contribution is 2.30. The highest BCUT2D eigenvalue weighted by Gasteiger charge is 2.25. The molecule has 0 bridgehead atoms. The Hall–Kier alpha value is -4.04. The van der Waals surface area contributed by atoms with Crippen LogP contribution in [0.4, 0.5) is 5.82 Å². The van der Waals surface area contributed by atoms with Gasteiger partial charge in [0.1, 0.15) is 23.1 Å². The second kappa shape index (κ2) is 11.8. The van der Waals surface area contributed by atoms with E-state index in [4.69, 9.17) is 18.9 Å². The summed E-state index contributed by atoms with van der Waals surface area (Å²) in [6.07, 6.45) is 3.02. The summed E-state index contributed by atoms with van der Waals surface area (Å²) in [5, 5.41) is 11.4. The number of furan rings is 1. The molecule has 39 heavy (non-hydrogen) atoms. The smallest absolute Gasteiger partial charge is 0.227 e. The zero-order valence-electron chi connectivity index (χ0n) is 22.7. The third kappa shape index (κ3) is 6.17. The van der Waals surface area contributed by atoms with Crippen molar-refractivity contribution >= 4 is 22.6 Å². The van der Waals surface area contributed by atoms with Gasteiger partial charge in [-0.25, -0.2) is 4.98 Å². The number of hydrogen-bond acceptors (Lipinski definition) is 7. The molecule has 0 radical (unpaired) electrons. The number of carbonyl (C=O) groups excluding carboxylic acids is 1. The fourth-order valence-corrected chi connectivity index (χ4v) is 5.17. The van der Waals surface area contributed by atoms with Gasteiger partial charge in [-0.05, 0) is 67.8 Å². The van der Waals surface area contributed by atoms with E-state index in [1.165, 1.54) is 0 Å². The van der Waals surface area contributed by atoms with E-state index in [9.17, 15) is 9.90 Å². The van der Waals surface area contributed by atoms with Gasteiger partial charge in [-0.1, -0.05) is 12.1 Å². The summed E-state index contributed by atoms with van der Waals surface area (Å²) in [6, 6.07) is 17.5. The fraction of sp³-hybridized carbons (Fsp3) is 0.355. The van der Waals surface area contributed by atoms with Crippen LogP contribution < -0.4 is 14.4 Å². The molecule has 1 fully saturated rings. The number of fused-ring (bicyclic) bond motifs is 1. The lowest BCUT2D eigenvalue weighted by Crippen LogP contribution is -2.40. The van der Waals surface area contributed by atoms with Gasteiger partial charge in [0, 0.05) is 36.1 Å². The predicted molar refractivity (Wildman–Crippen MR) is 150 cm³/mol. The molecule has 8 nitrogen and oxygen atoms in total. The number of amides is 1. The number of anilines is 1. The van der Waals surface area contributed by atoms with Gasteiger partial charge in [0.2, 0.25) is 5.91 Å². The number of nitrogens with zero attached hydrogens (tertiary/aromatic N) is 3. The van der Waals surface area contributed by atoms with Crippen LogP contribution in [0.25, 0.3) is 10.9 Å². The van der Waals surface area contributed by atoms with Crippen molar-refractivity contribution in [2.45, 2.75) is 45.4 Å². The van der Waals surface area contributed by atoms with E-state index in [1.807, 2.05) is 30.3 Å². The first kappa shape index (κ1) is 26.6. The van der Waals surface area contributed by atoms with Gasteiger partial charge in [-0.3, -0.25) is 4.79 Å².